The molecule has 0 aliphatic carbocycles. The molecule has 0 spiro atoms. The standard InChI is InChI=1S/C11H17N3O4/c1-3-6-14(7-10(16)17)11(18)8-4-5-9(15)13(2)12-8/h3-7H2,1-2H3,(H,16,17). The van der Waals surface area contributed by atoms with Gasteiger partial charge in [-0.05, 0) is 6.42 Å². The van der Waals surface area contributed by atoms with Crippen molar-refractivity contribution in [1.82, 2.24) is 9.91 Å². The summed E-state index contributed by atoms with van der Waals surface area (Å²) in [7, 11) is 1.48. The summed E-state index contributed by atoms with van der Waals surface area (Å²) < 4.78 is 0. The van der Waals surface area contributed by atoms with Crippen LogP contribution in [0.5, 0.6) is 0 Å². The summed E-state index contributed by atoms with van der Waals surface area (Å²) in [6, 6.07) is 0. The number of amides is 2. The molecule has 1 N–H and O–H groups in total. The van der Waals surface area contributed by atoms with Crippen LogP contribution >= 0.6 is 0 Å². The molecule has 0 aromatic heterocycles. The molecule has 1 heterocycles. The Morgan fingerprint density at radius 2 is 2.11 bits per heavy atom. The molecule has 2 amide bonds. The number of aliphatic carboxylic acids is 1. The van der Waals surface area contributed by atoms with E-state index in [2.05, 4.69) is 5.10 Å². The molecule has 1 aliphatic heterocycles. The molecule has 1 rings (SSSR count). The minimum Gasteiger partial charge on any atom is -0.480 e. The van der Waals surface area contributed by atoms with Crippen molar-refractivity contribution in [2.45, 2.75) is 26.2 Å². The van der Waals surface area contributed by atoms with E-state index in [0.717, 1.165) is 5.01 Å². The van der Waals surface area contributed by atoms with Gasteiger partial charge in [-0.1, -0.05) is 6.92 Å². The number of hydrogen-bond acceptors (Lipinski definition) is 4. The minimum atomic E-state index is -1.06. The van der Waals surface area contributed by atoms with Crippen molar-refractivity contribution in [3.8, 4) is 0 Å². The summed E-state index contributed by atoms with van der Waals surface area (Å²) in [5, 5.41) is 13.8. The monoisotopic (exact) mass is 255 g/mol. The highest BCUT2D eigenvalue weighted by Crippen LogP contribution is 2.09. The van der Waals surface area contributed by atoms with Crippen molar-refractivity contribution >= 4 is 23.5 Å². The molecule has 0 aromatic rings. The minimum absolute atomic E-state index is 0.146. The Kier molecular flexibility index (Phi) is 4.82. The van der Waals surface area contributed by atoms with E-state index in [0.29, 0.717) is 13.0 Å². The molecule has 0 atom stereocenters. The topological polar surface area (TPSA) is 90.3 Å². The Labute approximate surface area is 105 Å². The molecule has 0 bridgehead atoms. The third kappa shape index (κ3) is 3.54. The van der Waals surface area contributed by atoms with E-state index in [1.54, 1.807) is 0 Å². The average Bonchev–Trinajstić information content (AvgIpc) is 2.31. The largest absolute Gasteiger partial charge is 0.480 e. The number of carboxylic acids is 1. The molecule has 0 unspecified atom stereocenters. The van der Waals surface area contributed by atoms with Crippen LogP contribution in [-0.4, -0.2) is 58.6 Å². The third-order valence-corrected chi connectivity index (χ3v) is 2.56. The van der Waals surface area contributed by atoms with E-state index in [4.69, 9.17) is 5.11 Å². The molecule has 0 aromatic carbocycles. The first-order valence-corrected chi connectivity index (χ1v) is 5.80. The lowest BCUT2D eigenvalue weighted by Crippen LogP contribution is -2.43. The maximum atomic E-state index is 12.1. The second-order valence-electron chi connectivity index (χ2n) is 4.08. The summed E-state index contributed by atoms with van der Waals surface area (Å²) in [6.07, 6.45) is 1.16. The van der Waals surface area contributed by atoms with Gasteiger partial charge in [-0.25, -0.2) is 5.01 Å². The van der Waals surface area contributed by atoms with Crippen molar-refractivity contribution in [2.24, 2.45) is 5.10 Å². The van der Waals surface area contributed by atoms with Crippen LogP contribution in [0.25, 0.3) is 0 Å². The Morgan fingerprint density at radius 1 is 1.44 bits per heavy atom. The van der Waals surface area contributed by atoms with Gasteiger partial charge in [0.15, 0.2) is 0 Å². The van der Waals surface area contributed by atoms with Crippen LogP contribution in [0.2, 0.25) is 0 Å². The highest BCUT2D eigenvalue weighted by molar-refractivity contribution is 6.39. The van der Waals surface area contributed by atoms with Gasteiger partial charge >= 0.3 is 5.97 Å². The van der Waals surface area contributed by atoms with Gasteiger partial charge < -0.3 is 10.0 Å². The Hall–Kier alpha value is -1.92. The molecule has 7 nitrogen and oxygen atoms in total. The molecule has 1 aliphatic rings. The van der Waals surface area contributed by atoms with Gasteiger partial charge in [0.25, 0.3) is 5.91 Å². The summed E-state index contributed by atoms with van der Waals surface area (Å²) in [5.74, 6) is -1.61. The lowest BCUT2D eigenvalue weighted by Gasteiger charge is -2.24. The van der Waals surface area contributed by atoms with Crippen molar-refractivity contribution < 1.29 is 19.5 Å². The lowest BCUT2D eigenvalue weighted by atomic mass is 10.1. The van der Waals surface area contributed by atoms with E-state index >= 15 is 0 Å². The van der Waals surface area contributed by atoms with Gasteiger partial charge in [0.1, 0.15) is 12.3 Å². The van der Waals surface area contributed by atoms with Crippen molar-refractivity contribution in [2.75, 3.05) is 20.1 Å². The van der Waals surface area contributed by atoms with Gasteiger partial charge in [0.05, 0.1) is 0 Å². The van der Waals surface area contributed by atoms with E-state index in [9.17, 15) is 14.4 Å². The summed E-state index contributed by atoms with van der Waals surface area (Å²) in [5.41, 5.74) is 0.242. The number of hydrazone groups is 1. The first-order valence-electron chi connectivity index (χ1n) is 5.80. The fraction of sp³-hybridized carbons (Fsp3) is 0.636. The summed E-state index contributed by atoms with van der Waals surface area (Å²) in [4.78, 5) is 35.2. The number of carboxylic acid groups (broad SMARTS) is 1. The smallest absolute Gasteiger partial charge is 0.323 e. The zero-order valence-corrected chi connectivity index (χ0v) is 10.5. The van der Waals surface area contributed by atoms with Gasteiger partial charge in [-0.3, -0.25) is 14.4 Å². The number of carbonyl (C=O) groups excluding carboxylic acids is 2. The van der Waals surface area contributed by atoms with E-state index in [1.165, 1.54) is 11.9 Å². The normalized spacial score (nSPS) is 15.3. The molecule has 0 fully saturated rings. The van der Waals surface area contributed by atoms with Gasteiger partial charge in [0.2, 0.25) is 5.91 Å². The zero-order chi connectivity index (χ0) is 13.7. The predicted molar refractivity (Wildman–Crippen MR) is 63.9 cm³/mol. The van der Waals surface area contributed by atoms with E-state index in [1.807, 2.05) is 6.92 Å². The van der Waals surface area contributed by atoms with Crippen LogP contribution in [0.3, 0.4) is 0 Å². The second-order valence-corrected chi connectivity index (χ2v) is 4.08. The maximum absolute atomic E-state index is 12.1. The van der Waals surface area contributed by atoms with Crippen LogP contribution in [0.15, 0.2) is 5.10 Å². The van der Waals surface area contributed by atoms with Crippen LogP contribution < -0.4 is 0 Å². The van der Waals surface area contributed by atoms with Gasteiger partial charge in [0, 0.05) is 26.4 Å². The number of rotatable bonds is 5. The summed E-state index contributed by atoms with van der Waals surface area (Å²) in [6.45, 7) is 1.88. The fourth-order valence-corrected chi connectivity index (χ4v) is 1.69. The quantitative estimate of drug-likeness (QED) is 0.743. The summed E-state index contributed by atoms with van der Waals surface area (Å²) >= 11 is 0. The first kappa shape index (κ1) is 14.1. The SMILES string of the molecule is CCCN(CC(=O)O)C(=O)C1=NN(C)C(=O)CC1. The Bertz CT molecular complexity index is 392. The van der Waals surface area contributed by atoms with Crippen LogP contribution in [0.4, 0.5) is 0 Å². The molecule has 7 heteroatoms. The fourth-order valence-electron chi connectivity index (χ4n) is 1.69. The average molecular weight is 255 g/mol. The molecule has 0 radical (unpaired) electrons. The molecule has 0 saturated heterocycles. The van der Waals surface area contributed by atoms with Gasteiger partial charge in [-0.2, -0.15) is 5.10 Å². The van der Waals surface area contributed by atoms with E-state index < -0.39 is 11.9 Å². The number of hydrogen-bond donors (Lipinski definition) is 1. The van der Waals surface area contributed by atoms with Crippen molar-refractivity contribution in [3.05, 3.63) is 0 Å². The molecular formula is C11H17N3O4. The second kappa shape index (κ2) is 6.13. The van der Waals surface area contributed by atoms with Crippen molar-refractivity contribution in [3.63, 3.8) is 0 Å². The lowest BCUT2D eigenvalue weighted by molar-refractivity contribution is -0.142. The van der Waals surface area contributed by atoms with Crippen molar-refractivity contribution in [1.29, 1.82) is 0 Å². The van der Waals surface area contributed by atoms with Crippen LogP contribution in [0.1, 0.15) is 26.2 Å². The highest BCUT2D eigenvalue weighted by Gasteiger charge is 2.26. The third-order valence-electron chi connectivity index (χ3n) is 2.56. The van der Waals surface area contributed by atoms with E-state index in [-0.39, 0.29) is 31.0 Å². The molecule has 18 heavy (non-hydrogen) atoms. The highest BCUT2D eigenvalue weighted by atomic mass is 16.4. The number of nitrogens with zero attached hydrogens (tertiary/aromatic N) is 3. The Balaban J connectivity index is 2.79. The Morgan fingerprint density at radius 3 is 2.61 bits per heavy atom. The molecule has 0 saturated carbocycles. The van der Waals surface area contributed by atoms with Crippen LogP contribution in [0, 0.1) is 0 Å². The molecule has 100 valence electrons. The maximum Gasteiger partial charge on any atom is 0.323 e. The molecular weight excluding hydrogens is 238 g/mol. The predicted octanol–water partition coefficient (Wildman–Crippen LogP) is -0.0822. The zero-order valence-electron chi connectivity index (χ0n) is 10.5. The first-order chi connectivity index (χ1) is 8.45. The van der Waals surface area contributed by atoms with Gasteiger partial charge in [-0.15, -0.1) is 0 Å². The number of carbonyl (C=O) groups is 3. The van der Waals surface area contributed by atoms with Crippen LogP contribution in [-0.2, 0) is 14.4 Å².